The summed E-state index contributed by atoms with van der Waals surface area (Å²) in [6.07, 6.45) is 3.05. The Balaban J connectivity index is 0.000000267. The molecule has 1 radical (unpaired) electrons. The fourth-order valence-corrected chi connectivity index (χ4v) is 4.39. The maximum atomic E-state index is 11.8. The van der Waals surface area contributed by atoms with Gasteiger partial charge in [0.1, 0.15) is 0 Å². The summed E-state index contributed by atoms with van der Waals surface area (Å²) in [5.41, 5.74) is 2.97. The number of hydrogen-bond donors (Lipinski definition) is 0. The SMILES string of the molecule is C[C@H](N=Cc1cc(Cl)cc(Cl)c1[O-])c1ccccc1.C[C@H](N=Cc1cc(Cl)cc(Cl)c1[O-])c1ccccc1.[Cu+2]. The second-order valence-electron chi connectivity index (χ2n) is 8.34. The fraction of sp³-hybridized carbons (Fsp3) is 0.133. The monoisotopic (exact) mass is 647 g/mol. The first kappa shape index (κ1) is 32.7. The molecule has 4 aromatic carbocycles. The van der Waals surface area contributed by atoms with Crippen LogP contribution in [-0.2, 0) is 17.1 Å². The van der Waals surface area contributed by atoms with Crippen molar-refractivity contribution in [1.82, 2.24) is 0 Å². The third kappa shape index (κ3) is 9.88. The van der Waals surface area contributed by atoms with E-state index in [4.69, 9.17) is 46.4 Å². The van der Waals surface area contributed by atoms with Crippen LogP contribution in [0.1, 0.15) is 48.2 Å². The molecule has 0 aliphatic heterocycles. The summed E-state index contributed by atoms with van der Waals surface area (Å²) in [6.45, 7) is 3.92. The van der Waals surface area contributed by atoms with Crippen LogP contribution in [0, 0.1) is 0 Å². The maximum Gasteiger partial charge on any atom is 2.00 e. The minimum atomic E-state index is -0.255. The Labute approximate surface area is 259 Å². The molecule has 9 heteroatoms. The van der Waals surface area contributed by atoms with Gasteiger partial charge in [0.05, 0.1) is 12.1 Å². The first-order chi connectivity index (χ1) is 18.2. The van der Waals surface area contributed by atoms with E-state index in [1.165, 1.54) is 24.6 Å². The smallest absolute Gasteiger partial charge is 0.871 e. The summed E-state index contributed by atoms with van der Waals surface area (Å²) < 4.78 is 0. The molecule has 0 saturated heterocycles. The second kappa shape index (κ2) is 15.9. The van der Waals surface area contributed by atoms with Crippen molar-refractivity contribution in [1.29, 1.82) is 0 Å². The van der Waals surface area contributed by atoms with E-state index in [2.05, 4.69) is 9.98 Å². The van der Waals surface area contributed by atoms with Gasteiger partial charge in [0, 0.05) is 32.5 Å². The second-order valence-corrected chi connectivity index (χ2v) is 10.0. The van der Waals surface area contributed by atoms with Gasteiger partial charge in [-0.05, 0) is 60.4 Å². The van der Waals surface area contributed by atoms with Gasteiger partial charge in [-0.15, -0.1) is 0 Å². The van der Waals surface area contributed by atoms with Crippen molar-refractivity contribution in [3.63, 3.8) is 0 Å². The van der Waals surface area contributed by atoms with E-state index >= 15 is 0 Å². The van der Waals surface area contributed by atoms with Crippen LogP contribution in [0.2, 0.25) is 20.1 Å². The predicted molar refractivity (Wildman–Crippen MR) is 157 cm³/mol. The minimum Gasteiger partial charge on any atom is -0.871 e. The topological polar surface area (TPSA) is 70.8 Å². The molecule has 0 N–H and O–H groups in total. The van der Waals surface area contributed by atoms with Gasteiger partial charge in [0.25, 0.3) is 0 Å². The molecular weight excluding hydrogens is 626 g/mol. The number of hydrogen-bond acceptors (Lipinski definition) is 4. The van der Waals surface area contributed by atoms with Crippen LogP contribution in [0.5, 0.6) is 11.5 Å². The van der Waals surface area contributed by atoms with Crippen molar-refractivity contribution in [3.8, 4) is 11.5 Å². The van der Waals surface area contributed by atoms with E-state index in [0.29, 0.717) is 21.2 Å². The summed E-state index contributed by atoms with van der Waals surface area (Å²) in [6, 6.07) is 25.6. The largest absolute Gasteiger partial charge is 2.00 e. The Kier molecular flexibility index (Phi) is 13.4. The van der Waals surface area contributed by atoms with Crippen LogP contribution in [0.25, 0.3) is 0 Å². The molecule has 2 atom stereocenters. The quantitative estimate of drug-likeness (QED) is 0.155. The fourth-order valence-electron chi connectivity index (χ4n) is 3.37. The zero-order chi connectivity index (χ0) is 27.7. The van der Waals surface area contributed by atoms with Crippen molar-refractivity contribution >= 4 is 58.8 Å². The third-order valence-corrected chi connectivity index (χ3v) is 6.51. The van der Waals surface area contributed by atoms with Crippen LogP contribution in [0.4, 0.5) is 0 Å². The Morgan fingerprint density at radius 3 is 1.26 bits per heavy atom. The average molecular weight is 650 g/mol. The first-order valence-electron chi connectivity index (χ1n) is 11.6. The zero-order valence-electron chi connectivity index (χ0n) is 20.9. The Hall–Kier alpha value is -2.50. The summed E-state index contributed by atoms with van der Waals surface area (Å²) in [5, 5.41) is 24.7. The molecule has 0 fully saturated rings. The molecule has 4 nitrogen and oxygen atoms in total. The molecule has 205 valence electrons. The summed E-state index contributed by atoms with van der Waals surface area (Å²) >= 11 is 23.3. The molecule has 0 spiro atoms. The van der Waals surface area contributed by atoms with Gasteiger partial charge in [-0.2, -0.15) is 0 Å². The normalized spacial score (nSPS) is 12.5. The number of nitrogens with zero attached hydrogens (tertiary/aromatic N) is 2. The standard InChI is InChI=1S/2C15H13Cl2NO.Cu/c2*1-10(11-5-3-2-4-6-11)18-9-12-7-13(16)8-14(17)15(12)19;/h2*2-10,19H,1H3;/q;;+2/p-2/t2*10-;/m00./s1. The van der Waals surface area contributed by atoms with E-state index in [0.717, 1.165) is 11.1 Å². The van der Waals surface area contributed by atoms with E-state index in [9.17, 15) is 10.2 Å². The third-order valence-electron chi connectivity index (χ3n) is 5.51. The van der Waals surface area contributed by atoms with Gasteiger partial charge in [-0.25, -0.2) is 0 Å². The van der Waals surface area contributed by atoms with E-state index < -0.39 is 0 Å². The van der Waals surface area contributed by atoms with Crippen molar-refractivity contribution in [3.05, 3.63) is 127 Å². The van der Waals surface area contributed by atoms with Crippen LogP contribution in [-0.4, -0.2) is 12.4 Å². The molecule has 0 aliphatic rings. The molecule has 0 unspecified atom stereocenters. The van der Waals surface area contributed by atoms with Gasteiger partial charge in [-0.1, -0.05) is 119 Å². The van der Waals surface area contributed by atoms with Crippen molar-refractivity contribution in [2.75, 3.05) is 0 Å². The summed E-state index contributed by atoms with van der Waals surface area (Å²) in [7, 11) is 0. The van der Waals surface area contributed by atoms with Crippen LogP contribution >= 0.6 is 46.4 Å². The molecule has 0 amide bonds. The molecular formula is C30H24Cl4CuN2O2. The number of benzene rings is 4. The molecule has 4 aromatic rings. The minimum absolute atomic E-state index is 0. The van der Waals surface area contributed by atoms with Crippen molar-refractivity contribution in [2.45, 2.75) is 25.9 Å². The number of halogens is 4. The maximum absolute atomic E-state index is 11.8. The van der Waals surface area contributed by atoms with Crippen LogP contribution < -0.4 is 10.2 Å². The number of rotatable bonds is 6. The van der Waals surface area contributed by atoms with Gasteiger partial charge < -0.3 is 10.2 Å². The van der Waals surface area contributed by atoms with E-state index in [1.54, 1.807) is 12.1 Å². The summed E-state index contributed by atoms with van der Waals surface area (Å²) in [5.74, 6) is -0.509. The van der Waals surface area contributed by atoms with Crippen molar-refractivity contribution in [2.24, 2.45) is 9.98 Å². The Bertz CT molecular complexity index is 1310. The van der Waals surface area contributed by atoms with Crippen molar-refractivity contribution < 1.29 is 27.3 Å². The molecule has 39 heavy (non-hydrogen) atoms. The Morgan fingerprint density at radius 1 is 0.590 bits per heavy atom. The Morgan fingerprint density at radius 2 is 0.923 bits per heavy atom. The number of aliphatic imine (C=N–C) groups is 2. The average Bonchev–Trinajstić information content (AvgIpc) is 2.92. The molecule has 0 aromatic heterocycles. The van der Waals surface area contributed by atoms with Gasteiger partial charge in [0.2, 0.25) is 0 Å². The zero-order valence-corrected chi connectivity index (χ0v) is 24.9. The van der Waals surface area contributed by atoms with E-state index in [-0.39, 0.29) is 50.7 Å². The molecule has 0 aliphatic carbocycles. The predicted octanol–water partition coefficient (Wildman–Crippen LogP) is 8.49. The molecule has 0 bridgehead atoms. The van der Waals surface area contributed by atoms with Gasteiger partial charge in [0.15, 0.2) is 0 Å². The molecule has 0 saturated carbocycles. The molecule has 0 heterocycles. The van der Waals surface area contributed by atoms with E-state index in [1.807, 2.05) is 74.5 Å². The van der Waals surface area contributed by atoms with Crippen LogP contribution in [0.3, 0.4) is 0 Å². The summed E-state index contributed by atoms with van der Waals surface area (Å²) in [4.78, 5) is 8.73. The van der Waals surface area contributed by atoms with Gasteiger partial charge >= 0.3 is 17.1 Å². The molecule has 4 rings (SSSR count). The first-order valence-corrected chi connectivity index (χ1v) is 13.1. The van der Waals surface area contributed by atoms with Gasteiger partial charge in [-0.3, -0.25) is 9.98 Å². The van der Waals surface area contributed by atoms with Crippen LogP contribution in [0.15, 0.2) is 94.9 Å².